The van der Waals surface area contributed by atoms with Crippen LogP contribution in [0.2, 0.25) is 0 Å². The van der Waals surface area contributed by atoms with Crippen LogP contribution >= 0.6 is 0 Å². The zero-order valence-electron chi connectivity index (χ0n) is 18.2. The number of carbonyl (C=O) groups is 3. The Morgan fingerprint density at radius 1 is 0.900 bits per heavy atom. The van der Waals surface area contributed by atoms with E-state index in [0.717, 1.165) is 19.3 Å². The van der Waals surface area contributed by atoms with Crippen LogP contribution in [0.3, 0.4) is 0 Å². The molecule has 6 atom stereocenters. The second kappa shape index (κ2) is 8.81. The molecule has 0 radical (unpaired) electrons. The zero-order chi connectivity index (χ0) is 21.4. The molecule has 1 aliphatic carbocycles. The van der Waals surface area contributed by atoms with E-state index in [1.807, 2.05) is 9.80 Å². The minimum Gasteiger partial charge on any atom is -0.341 e. The molecule has 8 heteroatoms. The molecule has 4 rings (SSSR count). The number of hydrogen-bond donors (Lipinski definition) is 1. The van der Waals surface area contributed by atoms with Crippen molar-refractivity contribution < 1.29 is 18.8 Å². The fraction of sp³-hybridized carbons (Fsp3) is 0.864. The van der Waals surface area contributed by atoms with E-state index < -0.39 is 6.17 Å². The highest BCUT2D eigenvalue weighted by atomic mass is 19.1. The molecule has 168 valence electrons. The SMILES string of the molecule is CC(=O)N1CCN(C(=O)C2CCCN(C(=O)C3CC4C(F)CCC(C)C4N3)C2)CC1. The summed E-state index contributed by atoms with van der Waals surface area (Å²) in [4.78, 5) is 43.2. The number of fused-ring (bicyclic) bond motifs is 1. The van der Waals surface area contributed by atoms with Crippen LogP contribution in [-0.4, -0.2) is 89.9 Å². The summed E-state index contributed by atoms with van der Waals surface area (Å²) in [6.45, 7) is 7.10. The molecule has 0 bridgehead atoms. The van der Waals surface area contributed by atoms with Crippen LogP contribution in [0.1, 0.15) is 46.0 Å². The first kappa shape index (κ1) is 21.5. The normalized spacial score (nSPS) is 37.1. The number of piperidine rings is 1. The molecule has 1 saturated carbocycles. The quantitative estimate of drug-likeness (QED) is 0.722. The minimum absolute atomic E-state index is 0.0303. The van der Waals surface area contributed by atoms with Gasteiger partial charge in [0.15, 0.2) is 0 Å². The molecule has 0 aromatic carbocycles. The Bertz CT molecular complexity index is 663. The van der Waals surface area contributed by atoms with Crippen LogP contribution in [0.4, 0.5) is 4.39 Å². The van der Waals surface area contributed by atoms with E-state index in [9.17, 15) is 18.8 Å². The summed E-state index contributed by atoms with van der Waals surface area (Å²) in [5.41, 5.74) is 0. The van der Waals surface area contributed by atoms with Crippen LogP contribution < -0.4 is 5.32 Å². The van der Waals surface area contributed by atoms with Gasteiger partial charge in [-0.2, -0.15) is 0 Å². The van der Waals surface area contributed by atoms with Gasteiger partial charge >= 0.3 is 0 Å². The van der Waals surface area contributed by atoms with Crippen molar-refractivity contribution >= 4 is 17.7 Å². The number of carbonyl (C=O) groups excluding carboxylic acids is 3. The number of hydrogen-bond acceptors (Lipinski definition) is 4. The predicted molar refractivity (Wildman–Crippen MR) is 110 cm³/mol. The van der Waals surface area contributed by atoms with E-state index in [-0.39, 0.29) is 41.6 Å². The Hall–Kier alpha value is -1.70. The average molecular weight is 423 g/mol. The first-order valence-electron chi connectivity index (χ1n) is 11.6. The molecule has 0 spiro atoms. The highest BCUT2D eigenvalue weighted by Gasteiger charge is 2.47. The molecular formula is C22H35FN4O3. The fourth-order valence-electron chi connectivity index (χ4n) is 5.89. The molecule has 7 nitrogen and oxygen atoms in total. The van der Waals surface area contributed by atoms with E-state index in [1.54, 1.807) is 11.8 Å². The van der Waals surface area contributed by atoms with Crippen LogP contribution in [-0.2, 0) is 14.4 Å². The summed E-state index contributed by atoms with van der Waals surface area (Å²) in [6.07, 6.45) is 2.83. The van der Waals surface area contributed by atoms with Gasteiger partial charge in [0.1, 0.15) is 6.17 Å². The second-order valence-corrected chi connectivity index (χ2v) is 9.67. The van der Waals surface area contributed by atoms with Gasteiger partial charge in [0.05, 0.1) is 12.0 Å². The number of piperazine rings is 1. The molecule has 3 amide bonds. The highest BCUT2D eigenvalue weighted by molar-refractivity contribution is 5.84. The van der Waals surface area contributed by atoms with Crippen molar-refractivity contribution in [2.24, 2.45) is 17.8 Å². The van der Waals surface area contributed by atoms with Crippen molar-refractivity contribution in [3.05, 3.63) is 0 Å². The third-order valence-corrected chi connectivity index (χ3v) is 7.76. The molecule has 4 fully saturated rings. The van der Waals surface area contributed by atoms with E-state index in [4.69, 9.17) is 0 Å². The Morgan fingerprint density at radius 2 is 1.60 bits per heavy atom. The van der Waals surface area contributed by atoms with Gasteiger partial charge in [0, 0.05) is 58.2 Å². The van der Waals surface area contributed by atoms with Gasteiger partial charge in [0.2, 0.25) is 17.7 Å². The average Bonchev–Trinajstić information content (AvgIpc) is 3.22. The Labute approximate surface area is 178 Å². The van der Waals surface area contributed by atoms with Crippen LogP contribution in [0.5, 0.6) is 0 Å². The lowest BCUT2D eigenvalue weighted by Gasteiger charge is -2.39. The smallest absolute Gasteiger partial charge is 0.239 e. The molecule has 3 heterocycles. The number of amides is 3. The van der Waals surface area contributed by atoms with Gasteiger partial charge < -0.3 is 20.0 Å². The van der Waals surface area contributed by atoms with E-state index in [0.29, 0.717) is 58.0 Å². The third kappa shape index (κ3) is 4.20. The van der Waals surface area contributed by atoms with Gasteiger partial charge in [-0.3, -0.25) is 14.4 Å². The molecule has 0 aromatic heterocycles. The number of likely N-dealkylation sites (tertiary alicyclic amines) is 1. The number of halogens is 1. The van der Waals surface area contributed by atoms with E-state index >= 15 is 0 Å². The lowest BCUT2D eigenvalue weighted by atomic mass is 9.77. The first-order valence-corrected chi connectivity index (χ1v) is 11.6. The van der Waals surface area contributed by atoms with Crippen LogP contribution in [0, 0.1) is 17.8 Å². The predicted octanol–water partition coefficient (Wildman–Crippen LogP) is 1.03. The number of nitrogens with zero attached hydrogens (tertiary/aromatic N) is 3. The monoisotopic (exact) mass is 422 g/mol. The maximum absolute atomic E-state index is 14.4. The summed E-state index contributed by atoms with van der Waals surface area (Å²) in [7, 11) is 0. The summed E-state index contributed by atoms with van der Waals surface area (Å²) in [6, 6.07) is -0.241. The van der Waals surface area contributed by atoms with Gasteiger partial charge in [-0.15, -0.1) is 0 Å². The maximum Gasteiger partial charge on any atom is 0.239 e. The lowest BCUT2D eigenvalue weighted by molar-refractivity contribution is -0.145. The fourth-order valence-corrected chi connectivity index (χ4v) is 5.89. The number of rotatable bonds is 2. The Kier molecular flexibility index (Phi) is 6.32. The molecular weight excluding hydrogens is 387 g/mol. The summed E-state index contributed by atoms with van der Waals surface area (Å²) in [5.74, 6) is 0.324. The molecule has 3 saturated heterocycles. The van der Waals surface area contributed by atoms with Crippen LogP contribution in [0.25, 0.3) is 0 Å². The van der Waals surface area contributed by atoms with Gasteiger partial charge in [-0.25, -0.2) is 4.39 Å². The molecule has 6 unspecified atom stereocenters. The number of alkyl halides is 1. The maximum atomic E-state index is 14.4. The summed E-state index contributed by atoms with van der Waals surface area (Å²) < 4.78 is 14.4. The van der Waals surface area contributed by atoms with Crippen molar-refractivity contribution in [3.63, 3.8) is 0 Å². The van der Waals surface area contributed by atoms with E-state index in [1.165, 1.54) is 0 Å². The summed E-state index contributed by atoms with van der Waals surface area (Å²) in [5, 5.41) is 3.43. The van der Waals surface area contributed by atoms with E-state index in [2.05, 4.69) is 12.2 Å². The van der Waals surface area contributed by atoms with Gasteiger partial charge in [0.25, 0.3) is 0 Å². The number of nitrogens with one attached hydrogen (secondary N) is 1. The molecule has 30 heavy (non-hydrogen) atoms. The van der Waals surface area contributed by atoms with Crippen molar-refractivity contribution in [1.82, 2.24) is 20.0 Å². The second-order valence-electron chi connectivity index (χ2n) is 9.67. The highest BCUT2D eigenvalue weighted by Crippen LogP contribution is 2.39. The standard InChI is InChI=1S/C22H35FN4O3/c1-14-5-6-18(23)17-12-19(24-20(14)17)22(30)27-7-3-4-16(13-27)21(29)26-10-8-25(9-11-26)15(2)28/h14,16-20,24H,3-13H2,1-2H3. The molecule has 1 N–H and O–H groups in total. The zero-order valence-corrected chi connectivity index (χ0v) is 18.2. The van der Waals surface area contributed by atoms with Gasteiger partial charge in [-0.05, 0) is 38.0 Å². The molecule has 4 aliphatic rings. The van der Waals surface area contributed by atoms with Crippen molar-refractivity contribution in [2.45, 2.75) is 64.2 Å². The van der Waals surface area contributed by atoms with Gasteiger partial charge in [-0.1, -0.05) is 6.92 Å². The van der Waals surface area contributed by atoms with Crippen molar-refractivity contribution in [3.8, 4) is 0 Å². The topological polar surface area (TPSA) is 73.0 Å². The van der Waals surface area contributed by atoms with Crippen molar-refractivity contribution in [1.29, 1.82) is 0 Å². The summed E-state index contributed by atoms with van der Waals surface area (Å²) >= 11 is 0. The Morgan fingerprint density at radius 3 is 2.27 bits per heavy atom. The molecule has 3 aliphatic heterocycles. The largest absolute Gasteiger partial charge is 0.341 e. The van der Waals surface area contributed by atoms with Crippen LogP contribution in [0.15, 0.2) is 0 Å². The Balaban J connectivity index is 1.33. The first-order chi connectivity index (χ1) is 14.3. The molecule has 0 aromatic rings. The minimum atomic E-state index is -0.819. The lowest BCUT2D eigenvalue weighted by Crippen LogP contribution is -2.55. The van der Waals surface area contributed by atoms with Crippen molar-refractivity contribution in [2.75, 3.05) is 39.3 Å². The third-order valence-electron chi connectivity index (χ3n) is 7.76.